The summed E-state index contributed by atoms with van der Waals surface area (Å²) in [6.07, 6.45) is 0. The van der Waals surface area contributed by atoms with E-state index in [9.17, 15) is 0 Å². The first-order chi connectivity index (χ1) is 18.6. The lowest BCUT2D eigenvalue weighted by Gasteiger charge is -2.04. The minimum Gasteiger partial charge on any atom is -0.326 e. The van der Waals surface area contributed by atoms with Crippen LogP contribution < -0.4 is 11.5 Å². The molecule has 8 rings (SSSR count). The Balaban J connectivity index is 1.34. The van der Waals surface area contributed by atoms with E-state index < -0.39 is 0 Å². The van der Waals surface area contributed by atoms with Crippen molar-refractivity contribution < 1.29 is 0 Å². The number of hydrogen-bond acceptors (Lipinski definition) is 8. The molecule has 8 heteroatoms. The van der Waals surface area contributed by atoms with Gasteiger partial charge in [0.1, 0.15) is 0 Å². The predicted molar refractivity (Wildman–Crippen MR) is 177 cm³/mol. The second-order valence-electron chi connectivity index (χ2n) is 9.52. The summed E-state index contributed by atoms with van der Waals surface area (Å²) >= 11 is 11.5. The average molecular weight is 603 g/mol. The maximum atomic E-state index is 6.48. The van der Waals surface area contributed by atoms with Gasteiger partial charge in [-0.1, -0.05) is 36.4 Å². The summed E-state index contributed by atoms with van der Waals surface area (Å²) in [4.78, 5) is 5.41. The Labute approximate surface area is 243 Å². The normalized spacial score (nSPS) is 12.4. The minimum atomic E-state index is 0.536. The van der Waals surface area contributed by atoms with Crippen LogP contribution in [0.1, 0.15) is 22.3 Å². The van der Waals surface area contributed by atoms with Crippen molar-refractivity contribution in [3.63, 3.8) is 0 Å². The van der Waals surface area contributed by atoms with Crippen LogP contribution in [0.2, 0.25) is 0 Å². The van der Waals surface area contributed by atoms with Crippen molar-refractivity contribution in [2.24, 2.45) is 11.5 Å². The molecule has 38 heavy (non-hydrogen) atoms. The average Bonchev–Trinajstić information content (AvgIpc) is 3.74. The predicted octanol–water partition coefficient (Wildman–Crippen LogP) is 10.7. The standard InChI is InChI=1S/C30H22N2S6/c1-13-21-15-7-3-5-9-19(15)34-30(21)38-22(13)26-17(11-31)28-29(36-26)18(12-32)27(37-28)24-14(2)23-25(35-24)16-8-4-6-10-20(16)33-23/h3-10H,11-12,31-32H2,1-2H3. The van der Waals surface area contributed by atoms with Crippen LogP contribution in [-0.4, -0.2) is 0 Å². The fraction of sp³-hybridized carbons (Fsp3) is 0.133. The lowest BCUT2D eigenvalue weighted by atomic mass is 10.1. The zero-order valence-electron chi connectivity index (χ0n) is 20.6. The molecule has 0 radical (unpaired) electrons. The summed E-state index contributed by atoms with van der Waals surface area (Å²) in [5.41, 5.74) is 18.3. The van der Waals surface area contributed by atoms with Gasteiger partial charge in [-0.15, -0.1) is 68.0 Å². The summed E-state index contributed by atoms with van der Waals surface area (Å²) < 4.78 is 9.59. The largest absolute Gasteiger partial charge is 0.326 e. The highest BCUT2D eigenvalue weighted by molar-refractivity contribution is 7.44. The molecule has 2 aromatic carbocycles. The second kappa shape index (κ2) is 8.68. The van der Waals surface area contributed by atoms with Gasteiger partial charge in [0, 0.05) is 64.2 Å². The number of thiophene rings is 6. The molecule has 6 heterocycles. The molecule has 0 unspecified atom stereocenters. The first kappa shape index (κ1) is 23.7. The molecule has 0 aliphatic heterocycles. The maximum Gasteiger partial charge on any atom is 0.0887 e. The molecule has 0 saturated heterocycles. The third-order valence-electron chi connectivity index (χ3n) is 7.44. The van der Waals surface area contributed by atoms with Crippen molar-refractivity contribution in [1.82, 2.24) is 0 Å². The Morgan fingerprint density at radius 3 is 1.74 bits per heavy atom. The van der Waals surface area contributed by atoms with Crippen molar-refractivity contribution in [2.45, 2.75) is 26.9 Å². The molecule has 8 aromatic rings. The summed E-state index contributed by atoms with van der Waals surface area (Å²) in [6.45, 7) is 5.63. The van der Waals surface area contributed by atoms with Gasteiger partial charge in [0.2, 0.25) is 0 Å². The summed E-state index contributed by atoms with van der Waals surface area (Å²) in [6, 6.07) is 17.5. The topological polar surface area (TPSA) is 52.0 Å². The zero-order chi connectivity index (χ0) is 25.7. The molecule has 0 amide bonds. The molecule has 0 spiro atoms. The van der Waals surface area contributed by atoms with Gasteiger partial charge in [0.05, 0.1) is 27.9 Å². The molecule has 0 fully saturated rings. The molecule has 6 aromatic heterocycles. The zero-order valence-corrected chi connectivity index (χ0v) is 25.5. The molecule has 2 nitrogen and oxygen atoms in total. The van der Waals surface area contributed by atoms with Gasteiger partial charge in [-0.2, -0.15) is 0 Å². The van der Waals surface area contributed by atoms with Gasteiger partial charge in [0.15, 0.2) is 0 Å². The van der Waals surface area contributed by atoms with Crippen LogP contribution in [0, 0.1) is 13.8 Å². The Hall–Kier alpha value is -2.14. The number of fused-ring (bicyclic) bond motifs is 7. The Morgan fingerprint density at radius 2 is 1.08 bits per heavy atom. The van der Waals surface area contributed by atoms with Crippen LogP contribution >= 0.6 is 68.0 Å². The lowest BCUT2D eigenvalue weighted by Crippen LogP contribution is -1.96. The minimum absolute atomic E-state index is 0.536. The molecule has 0 saturated carbocycles. The lowest BCUT2D eigenvalue weighted by molar-refractivity contribution is 1.09. The first-order valence-electron chi connectivity index (χ1n) is 12.4. The third-order valence-corrected chi connectivity index (χ3v) is 15.8. The van der Waals surface area contributed by atoms with Crippen LogP contribution in [0.5, 0.6) is 0 Å². The highest BCUT2D eigenvalue weighted by Crippen LogP contribution is 2.55. The van der Waals surface area contributed by atoms with E-state index in [0.29, 0.717) is 13.1 Å². The van der Waals surface area contributed by atoms with Gasteiger partial charge in [-0.25, -0.2) is 0 Å². The fourth-order valence-electron chi connectivity index (χ4n) is 5.58. The van der Waals surface area contributed by atoms with Crippen molar-refractivity contribution in [1.29, 1.82) is 0 Å². The summed E-state index contributed by atoms with van der Waals surface area (Å²) in [5, 5.41) is 4.14. The van der Waals surface area contributed by atoms with E-state index >= 15 is 0 Å². The van der Waals surface area contributed by atoms with Gasteiger partial charge < -0.3 is 11.5 Å². The van der Waals surface area contributed by atoms with E-state index in [0.717, 1.165) is 0 Å². The number of nitrogens with two attached hydrogens (primary N) is 2. The van der Waals surface area contributed by atoms with Crippen LogP contribution in [0.4, 0.5) is 0 Å². The highest BCUT2D eigenvalue weighted by Gasteiger charge is 2.26. The molecular weight excluding hydrogens is 581 g/mol. The molecular formula is C30H22N2S6. The van der Waals surface area contributed by atoms with E-state index in [-0.39, 0.29) is 0 Å². The first-order valence-corrected chi connectivity index (χ1v) is 17.3. The number of benzene rings is 2. The van der Waals surface area contributed by atoms with Gasteiger partial charge in [-0.3, -0.25) is 0 Å². The Kier molecular flexibility index (Phi) is 5.42. The van der Waals surface area contributed by atoms with Crippen LogP contribution in [0.3, 0.4) is 0 Å². The van der Waals surface area contributed by atoms with E-state index in [1.54, 1.807) is 0 Å². The molecule has 0 aliphatic rings. The fourth-order valence-corrected chi connectivity index (χ4v) is 14.4. The molecule has 0 bridgehead atoms. The van der Waals surface area contributed by atoms with E-state index in [2.05, 4.69) is 62.4 Å². The molecule has 0 aliphatic carbocycles. The molecule has 4 N–H and O–H groups in total. The SMILES string of the molecule is Cc1c(-c2sc3c(CN)c(-c4sc5sc6ccccc6c5c4C)sc3c2CN)sc2c1sc1ccccc12. The Bertz CT molecular complexity index is 2140. The molecule has 0 atom stereocenters. The van der Waals surface area contributed by atoms with Crippen LogP contribution in [-0.2, 0) is 13.1 Å². The van der Waals surface area contributed by atoms with Crippen molar-refractivity contribution >= 4 is 116 Å². The van der Waals surface area contributed by atoms with E-state index in [1.165, 1.54) is 90.1 Å². The van der Waals surface area contributed by atoms with Crippen LogP contribution in [0.15, 0.2) is 48.5 Å². The van der Waals surface area contributed by atoms with Gasteiger partial charge in [0.25, 0.3) is 0 Å². The van der Waals surface area contributed by atoms with Crippen molar-refractivity contribution in [3.05, 3.63) is 70.8 Å². The summed E-state index contributed by atoms with van der Waals surface area (Å²) in [5.74, 6) is 0. The molecule has 188 valence electrons. The van der Waals surface area contributed by atoms with E-state index in [1.807, 2.05) is 68.0 Å². The van der Waals surface area contributed by atoms with Crippen molar-refractivity contribution in [3.8, 4) is 19.5 Å². The van der Waals surface area contributed by atoms with Crippen molar-refractivity contribution in [2.75, 3.05) is 0 Å². The highest BCUT2D eigenvalue weighted by atomic mass is 32.2. The summed E-state index contributed by atoms with van der Waals surface area (Å²) in [7, 11) is 0. The maximum absolute atomic E-state index is 6.48. The number of rotatable bonds is 4. The third kappa shape index (κ3) is 3.14. The Morgan fingerprint density at radius 1 is 0.526 bits per heavy atom. The van der Waals surface area contributed by atoms with Gasteiger partial charge >= 0.3 is 0 Å². The van der Waals surface area contributed by atoms with Crippen LogP contribution in [0.25, 0.3) is 67.9 Å². The second-order valence-corrected chi connectivity index (χ2v) is 16.0. The van der Waals surface area contributed by atoms with Gasteiger partial charge in [-0.05, 0) is 37.1 Å². The monoisotopic (exact) mass is 602 g/mol. The van der Waals surface area contributed by atoms with E-state index in [4.69, 9.17) is 11.5 Å². The number of aryl methyl sites for hydroxylation is 2. The quantitative estimate of drug-likeness (QED) is 0.210. The smallest absolute Gasteiger partial charge is 0.0887 e. The number of hydrogen-bond donors (Lipinski definition) is 2.